The van der Waals surface area contributed by atoms with E-state index >= 15 is 0 Å². The van der Waals surface area contributed by atoms with Crippen LogP contribution >= 0.6 is 0 Å². The van der Waals surface area contributed by atoms with Crippen LogP contribution in [0.1, 0.15) is 33.1 Å². The summed E-state index contributed by atoms with van der Waals surface area (Å²) in [6.45, 7) is 6.33. The van der Waals surface area contributed by atoms with Crippen molar-refractivity contribution in [3.8, 4) is 0 Å². The van der Waals surface area contributed by atoms with Crippen molar-refractivity contribution < 1.29 is 8.42 Å². The van der Waals surface area contributed by atoms with Crippen molar-refractivity contribution in [1.82, 2.24) is 19.8 Å². The molecule has 1 aromatic rings. The highest BCUT2D eigenvalue weighted by atomic mass is 32.2. The van der Waals surface area contributed by atoms with Crippen molar-refractivity contribution >= 4 is 10.0 Å². The molecule has 0 unspecified atom stereocenters. The molecule has 1 rings (SSSR count). The van der Waals surface area contributed by atoms with Crippen LogP contribution in [0.2, 0.25) is 0 Å². The van der Waals surface area contributed by atoms with Gasteiger partial charge in [0.05, 0.1) is 6.20 Å². The topological polar surface area (TPSA) is 76.0 Å². The molecule has 0 amide bonds. The molecule has 0 bridgehead atoms. The van der Waals surface area contributed by atoms with Crippen LogP contribution in [0.3, 0.4) is 0 Å². The molecule has 0 radical (unpaired) electrons. The van der Waals surface area contributed by atoms with Crippen LogP contribution in [0, 0.1) is 5.92 Å². The van der Waals surface area contributed by atoms with Gasteiger partial charge in [-0.1, -0.05) is 13.8 Å². The SMILES string of the molecule is CNCCCn1cc(S(=O)(=O)NCCCC(C)C)cn1. The summed E-state index contributed by atoms with van der Waals surface area (Å²) in [7, 11) is -1.53. The Morgan fingerprint density at radius 1 is 1.30 bits per heavy atom. The zero-order chi connectivity index (χ0) is 15.0. The first-order valence-corrected chi connectivity index (χ1v) is 8.60. The molecule has 7 heteroatoms. The second-order valence-electron chi connectivity index (χ2n) is 5.33. The first-order valence-electron chi connectivity index (χ1n) is 7.12. The molecule has 0 spiro atoms. The van der Waals surface area contributed by atoms with Crippen molar-refractivity contribution in [2.75, 3.05) is 20.1 Å². The molecule has 0 aromatic carbocycles. The number of hydrogen-bond acceptors (Lipinski definition) is 4. The van der Waals surface area contributed by atoms with Gasteiger partial charge in [0, 0.05) is 19.3 Å². The van der Waals surface area contributed by atoms with E-state index in [2.05, 4.69) is 29.0 Å². The maximum Gasteiger partial charge on any atom is 0.243 e. The minimum absolute atomic E-state index is 0.242. The van der Waals surface area contributed by atoms with Gasteiger partial charge in [0.1, 0.15) is 4.90 Å². The number of aromatic nitrogens is 2. The van der Waals surface area contributed by atoms with Gasteiger partial charge in [0.15, 0.2) is 0 Å². The summed E-state index contributed by atoms with van der Waals surface area (Å²) >= 11 is 0. The molecule has 0 aliphatic carbocycles. The van der Waals surface area contributed by atoms with Crippen LogP contribution in [-0.2, 0) is 16.6 Å². The van der Waals surface area contributed by atoms with E-state index < -0.39 is 10.0 Å². The normalized spacial score (nSPS) is 12.2. The summed E-state index contributed by atoms with van der Waals surface area (Å²) < 4.78 is 28.4. The first-order chi connectivity index (χ1) is 9.45. The number of hydrogen-bond donors (Lipinski definition) is 2. The Balaban J connectivity index is 2.46. The Kier molecular flexibility index (Phi) is 7.18. The summed E-state index contributed by atoms with van der Waals surface area (Å²) in [6, 6.07) is 0. The highest BCUT2D eigenvalue weighted by Crippen LogP contribution is 2.08. The fraction of sp³-hybridized carbons (Fsp3) is 0.769. The summed E-state index contributed by atoms with van der Waals surface area (Å²) in [6.07, 6.45) is 5.78. The number of nitrogens with zero attached hydrogens (tertiary/aromatic N) is 2. The van der Waals surface area contributed by atoms with Gasteiger partial charge in [0.25, 0.3) is 0 Å². The van der Waals surface area contributed by atoms with Crippen molar-refractivity contribution in [2.45, 2.75) is 44.6 Å². The molecule has 20 heavy (non-hydrogen) atoms. The Labute approximate surface area is 122 Å². The molecular weight excluding hydrogens is 276 g/mol. The summed E-state index contributed by atoms with van der Waals surface area (Å²) in [5, 5.41) is 7.13. The molecule has 0 aliphatic rings. The zero-order valence-electron chi connectivity index (χ0n) is 12.6. The van der Waals surface area contributed by atoms with Gasteiger partial charge in [-0.05, 0) is 38.8 Å². The van der Waals surface area contributed by atoms with Crippen LogP contribution < -0.4 is 10.0 Å². The molecule has 6 nitrogen and oxygen atoms in total. The molecule has 0 saturated carbocycles. The van der Waals surface area contributed by atoms with E-state index in [1.54, 1.807) is 10.9 Å². The largest absolute Gasteiger partial charge is 0.320 e. The molecule has 1 aromatic heterocycles. The maximum atomic E-state index is 12.0. The Hall–Kier alpha value is -0.920. The van der Waals surface area contributed by atoms with Gasteiger partial charge in [-0.2, -0.15) is 5.10 Å². The second kappa shape index (κ2) is 8.39. The quantitative estimate of drug-likeness (QED) is 0.637. The second-order valence-corrected chi connectivity index (χ2v) is 7.10. The summed E-state index contributed by atoms with van der Waals surface area (Å²) in [4.78, 5) is 0.242. The van der Waals surface area contributed by atoms with E-state index in [0.29, 0.717) is 19.0 Å². The van der Waals surface area contributed by atoms with Crippen molar-refractivity contribution in [3.05, 3.63) is 12.4 Å². The van der Waals surface area contributed by atoms with E-state index in [0.717, 1.165) is 25.8 Å². The van der Waals surface area contributed by atoms with Gasteiger partial charge in [-0.15, -0.1) is 0 Å². The summed E-state index contributed by atoms with van der Waals surface area (Å²) in [5.41, 5.74) is 0. The Morgan fingerprint density at radius 2 is 2.05 bits per heavy atom. The van der Waals surface area contributed by atoms with E-state index in [4.69, 9.17) is 0 Å². The maximum absolute atomic E-state index is 12.0. The van der Waals surface area contributed by atoms with E-state index in [1.165, 1.54) is 6.20 Å². The lowest BCUT2D eigenvalue weighted by Crippen LogP contribution is -2.24. The molecule has 1 heterocycles. The molecule has 0 aliphatic heterocycles. The first kappa shape index (κ1) is 17.1. The van der Waals surface area contributed by atoms with Gasteiger partial charge in [-0.3, -0.25) is 4.68 Å². The van der Waals surface area contributed by atoms with Gasteiger partial charge in [0.2, 0.25) is 10.0 Å². The predicted octanol–water partition coefficient (Wildman–Crippen LogP) is 1.21. The minimum atomic E-state index is -3.42. The third kappa shape index (κ3) is 6.02. The lowest BCUT2D eigenvalue weighted by molar-refractivity contribution is 0.539. The molecule has 0 atom stereocenters. The third-order valence-electron chi connectivity index (χ3n) is 2.98. The van der Waals surface area contributed by atoms with Gasteiger partial charge >= 0.3 is 0 Å². The van der Waals surface area contributed by atoms with E-state index in [9.17, 15) is 8.42 Å². The van der Waals surface area contributed by atoms with Crippen LogP contribution in [0.5, 0.6) is 0 Å². The van der Waals surface area contributed by atoms with Crippen molar-refractivity contribution in [3.63, 3.8) is 0 Å². The third-order valence-corrected chi connectivity index (χ3v) is 4.40. The fourth-order valence-electron chi connectivity index (χ4n) is 1.82. The monoisotopic (exact) mass is 302 g/mol. The number of nitrogens with one attached hydrogen (secondary N) is 2. The highest BCUT2D eigenvalue weighted by molar-refractivity contribution is 7.89. The lowest BCUT2D eigenvalue weighted by atomic mass is 10.1. The lowest BCUT2D eigenvalue weighted by Gasteiger charge is -2.06. The van der Waals surface area contributed by atoms with Crippen LogP contribution in [0.4, 0.5) is 0 Å². The van der Waals surface area contributed by atoms with Crippen LogP contribution in [-0.4, -0.2) is 38.3 Å². The number of sulfonamides is 1. The Morgan fingerprint density at radius 3 is 2.70 bits per heavy atom. The molecular formula is C13H26N4O2S. The van der Waals surface area contributed by atoms with Crippen LogP contribution in [0.15, 0.2) is 17.3 Å². The average molecular weight is 302 g/mol. The van der Waals surface area contributed by atoms with E-state index in [1.807, 2.05) is 7.05 Å². The highest BCUT2D eigenvalue weighted by Gasteiger charge is 2.15. The van der Waals surface area contributed by atoms with Crippen molar-refractivity contribution in [1.29, 1.82) is 0 Å². The fourth-order valence-corrected chi connectivity index (χ4v) is 2.85. The van der Waals surface area contributed by atoms with E-state index in [-0.39, 0.29) is 4.90 Å². The number of aryl methyl sites for hydroxylation is 1. The van der Waals surface area contributed by atoms with Gasteiger partial charge in [-0.25, -0.2) is 13.1 Å². The molecule has 2 N–H and O–H groups in total. The molecule has 116 valence electrons. The predicted molar refractivity (Wildman–Crippen MR) is 80.0 cm³/mol. The number of rotatable bonds is 10. The minimum Gasteiger partial charge on any atom is -0.320 e. The smallest absolute Gasteiger partial charge is 0.243 e. The zero-order valence-corrected chi connectivity index (χ0v) is 13.4. The molecule has 0 fully saturated rings. The average Bonchev–Trinajstić information content (AvgIpc) is 2.84. The standard InChI is InChI=1S/C13H26N4O2S/c1-12(2)6-4-8-16-20(18,19)13-10-15-17(11-13)9-5-7-14-3/h10-12,14,16H,4-9H2,1-3H3. The molecule has 0 saturated heterocycles. The Bertz CT molecular complexity index is 482. The van der Waals surface area contributed by atoms with Crippen molar-refractivity contribution in [2.24, 2.45) is 5.92 Å². The van der Waals surface area contributed by atoms with Crippen LogP contribution in [0.25, 0.3) is 0 Å². The summed E-state index contributed by atoms with van der Waals surface area (Å²) in [5.74, 6) is 0.592. The van der Waals surface area contributed by atoms with Gasteiger partial charge < -0.3 is 5.32 Å².